The summed E-state index contributed by atoms with van der Waals surface area (Å²) in [6.07, 6.45) is 0.521. The van der Waals surface area contributed by atoms with E-state index in [2.05, 4.69) is 5.32 Å². The van der Waals surface area contributed by atoms with Crippen molar-refractivity contribution in [1.82, 2.24) is 5.32 Å². The number of amides is 1. The average molecular weight is 385 g/mol. The van der Waals surface area contributed by atoms with Gasteiger partial charge in [-0.25, -0.2) is 0 Å². The fourth-order valence-corrected chi connectivity index (χ4v) is 2.76. The first-order valence-corrected chi connectivity index (χ1v) is 8.29. The van der Waals surface area contributed by atoms with E-state index in [1.54, 1.807) is 37.4 Å². The van der Waals surface area contributed by atoms with Crippen LogP contribution in [0.4, 0.5) is 0 Å². The minimum atomic E-state index is -0.263. The van der Waals surface area contributed by atoms with Gasteiger partial charge in [0.1, 0.15) is 28.2 Å². The highest BCUT2D eigenvalue weighted by Crippen LogP contribution is 2.35. The van der Waals surface area contributed by atoms with Gasteiger partial charge < -0.3 is 28.7 Å². The van der Waals surface area contributed by atoms with Crippen LogP contribution in [0.5, 0.6) is 23.0 Å². The summed E-state index contributed by atoms with van der Waals surface area (Å²) < 4.78 is 27.2. The van der Waals surface area contributed by atoms with Crippen LogP contribution in [0, 0.1) is 0 Å². The maximum absolute atomic E-state index is 12.7. The van der Waals surface area contributed by atoms with Gasteiger partial charge in [-0.15, -0.1) is 0 Å². The zero-order chi connectivity index (χ0) is 20.1. The van der Waals surface area contributed by atoms with Crippen LogP contribution in [-0.4, -0.2) is 34.5 Å². The Hall–Kier alpha value is -3.68. The van der Waals surface area contributed by atoms with Crippen molar-refractivity contribution in [1.29, 1.82) is 0 Å². The second kappa shape index (κ2) is 8.34. The van der Waals surface area contributed by atoms with Crippen LogP contribution in [0.1, 0.15) is 0 Å². The van der Waals surface area contributed by atoms with Gasteiger partial charge in [0.25, 0.3) is 0 Å². The van der Waals surface area contributed by atoms with Gasteiger partial charge in [-0.1, -0.05) is 0 Å². The van der Waals surface area contributed by atoms with Crippen molar-refractivity contribution in [2.45, 2.75) is 0 Å². The molecular weight excluding hydrogens is 366 g/mol. The van der Waals surface area contributed by atoms with Gasteiger partial charge in [-0.05, 0) is 18.2 Å². The lowest BCUT2D eigenvalue weighted by atomic mass is 10.1. The van der Waals surface area contributed by atoms with Crippen LogP contribution in [-0.2, 0) is 4.79 Å². The predicted octanol–water partition coefficient (Wildman–Crippen LogP) is 2.57. The van der Waals surface area contributed by atoms with E-state index in [0.717, 1.165) is 0 Å². The Bertz CT molecular complexity index is 1060. The van der Waals surface area contributed by atoms with Crippen LogP contribution < -0.4 is 29.7 Å². The zero-order valence-electron chi connectivity index (χ0n) is 15.6. The largest absolute Gasteiger partial charge is 0.496 e. The van der Waals surface area contributed by atoms with E-state index < -0.39 is 0 Å². The van der Waals surface area contributed by atoms with E-state index in [9.17, 15) is 9.59 Å². The number of rotatable bonds is 8. The molecule has 3 rings (SSSR count). The molecule has 0 aliphatic heterocycles. The summed E-state index contributed by atoms with van der Waals surface area (Å²) in [5.41, 5.74) is 0.669. The molecular formula is C20H19NO7. The molecule has 8 heteroatoms. The summed E-state index contributed by atoms with van der Waals surface area (Å²) in [6, 6.07) is 9.72. The third-order valence-electron chi connectivity index (χ3n) is 4.06. The molecule has 2 aromatic carbocycles. The van der Waals surface area contributed by atoms with Gasteiger partial charge in [-0.3, -0.25) is 9.59 Å². The second-order valence-electron chi connectivity index (χ2n) is 5.65. The molecule has 146 valence electrons. The molecule has 0 radical (unpaired) electrons. The molecule has 1 N–H and O–H groups in total. The molecule has 0 spiro atoms. The van der Waals surface area contributed by atoms with Crippen LogP contribution in [0.2, 0.25) is 0 Å². The quantitative estimate of drug-likeness (QED) is 0.362. The Morgan fingerprint density at radius 1 is 0.964 bits per heavy atom. The molecule has 1 aromatic heterocycles. The van der Waals surface area contributed by atoms with Gasteiger partial charge in [-0.2, -0.15) is 0 Å². The molecule has 1 amide bonds. The minimum Gasteiger partial charge on any atom is -0.496 e. The van der Waals surface area contributed by atoms with E-state index in [1.807, 2.05) is 0 Å². The molecule has 8 nitrogen and oxygen atoms in total. The van der Waals surface area contributed by atoms with Crippen molar-refractivity contribution in [2.75, 3.05) is 28.1 Å². The molecule has 0 saturated carbocycles. The van der Waals surface area contributed by atoms with Crippen molar-refractivity contribution in [2.24, 2.45) is 0 Å². The highest BCUT2D eigenvalue weighted by Gasteiger charge is 2.15. The first-order valence-electron chi connectivity index (χ1n) is 8.29. The highest BCUT2D eigenvalue weighted by atomic mass is 16.5. The smallest absolute Gasteiger partial charge is 0.209 e. The maximum Gasteiger partial charge on any atom is 0.209 e. The Labute approximate surface area is 160 Å². The van der Waals surface area contributed by atoms with Crippen molar-refractivity contribution in [3.63, 3.8) is 0 Å². The number of nitrogens with one attached hydrogen (secondary N) is 1. The van der Waals surface area contributed by atoms with Gasteiger partial charge in [0.15, 0.2) is 23.7 Å². The predicted molar refractivity (Wildman–Crippen MR) is 102 cm³/mol. The Morgan fingerprint density at radius 2 is 1.71 bits per heavy atom. The number of ether oxygens (including phenoxy) is 4. The monoisotopic (exact) mass is 385 g/mol. The molecule has 0 aliphatic carbocycles. The van der Waals surface area contributed by atoms with Gasteiger partial charge in [0.05, 0.1) is 21.3 Å². The minimum absolute atomic E-state index is 0.0300. The lowest BCUT2D eigenvalue weighted by Gasteiger charge is -2.12. The Kier molecular flexibility index (Phi) is 5.69. The van der Waals surface area contributed by atoms with Crippen LogP contribution in [0.15, 0.2) is 45.6 Å². The van der Waals surface area contributed by atoms with E-state index in [4.69, 9.17) is 23.4 Å². The SMILES string of the molecule is COc1ccc(-c2cc(=O)c3c(OC)cc(OCNC=O)cc3o2)cc1OC. The third kappa shape index (κ3) is 3.71. The number of carbonyl (C=O) groups is 1. The summed E-state index contributed by atoms with van der Waals surface area (Å²) in [4.78, 5) is 23.1. The molecule has 3 aromatic rings. The molecule has 0 saturated heterocycles. The average Bonchev–Trinajstić information content (AvgIpc) is 2.72. The van der Waals surface area contributed by atoms with Crippen molar-refractivity contribution >= 4 is 17.4 Å². The van der Waals surface area contributed by atoms with Crippen molar-refractivity contribution in [3.05, 3.63) is 46.6 Å². The molecule has 0 unspecified atom stereocenters. The fraction of sp³-hybridized carbons (Fsp3) is 0.200. The maximum atomic E-state index is 12.7. The zero-order valence-corrected chi connectivity index (χ0v) is 15.6. The van der Waals surface area contributed by atoms with E-state index in [0.29, 0.717) is 46.1 Å². The first-order chi connectivity index (χ1) is 13.6. The summed E-state index contributed by atoms with van der Waals surface area (Å²) >= 11 is 0. The topological polar surface area (TPSA) is 96.2 Å². The molecule has 0 fully saturated rings. The number of methoxy groups -OCH3 is 3. The summed E-state index contributed by atoms with van der Waals surface area (Å²) in [5, 5.41) is 2.69. The van der Waals surface area contributed by atoms with Crippen LogP contribution in [0.3, 0.4) is 0 Å². The van der Waals surface area contributed by atoms with Crippen molar-refractivity contribution < 1.29 is 28.2 Å². The van der Waals surface area contributed by atoms with E-state index in [1.165, 1.54) is 20.3 Å². The normalized spacial score (nSPS) is 10.4. The Morgan fingerprint density at radius 3 is 2.39 bits per heavy atom. The summed E-state index contributed by atoms with van der Waals surface area (Å²) in [5.74, 6) is 2.12. The molecule has 28 heavy (non-hydrogen) atoms. The van der Waals surface area contributed by atoms with Crippen LogP contribution in [0.25, 0.3) is 22.3 Å². The van der Waals surface area contributed by atoms with Crippen LogP contribution >= 0.6 is 0 Å². The number of carbonyl (C=O) groups excluding carboxylic acids is 1. The molecule has 0 aliphatic rings. The molecule has 1 heterocycles. The lowest BCUT2D eigenvalue weighted by Crippen LogP contribution is -2.17. The lowest BCUT2D eigenvalue weighted by molar-refractivity contribution is -0.110. The summed E-state index contributed by atoms with van der Waals surface area (Å²) in [7, 11) is 4.52. The standard InChI is InChI=1S/C20H19NO7/c1-24-15-5-4-12(6-17(15)25-2)16-9-14(23)20-18(26-3)7-13(8-19(20)28-16)27-11-21-10-22/h4-10H,11H2,1-3H3,(H,21,22). The third-order valence-corrected chi connectivity index (χ3v) is 4.06. The second-order valence-corrected chi connectivity index (χ2v) is 5.65. The van der Waals surface area contributed by atoms with E-state index in [-0.39, 0.29) is 17.7 Å². The van der Waals surface area contributed by atoms with E-state index >= 15 is 0 Å². The number of hydrogen-bond acceptors (Lipinski definition) is 7. The fourth-order valence-electron chi connectivity index (χ4n) is 2.76. The number of benzene rings is 2. The first kappa shape index (κ1) is 19.1. The molecule has 0 bridgehead atoms. The van der Waals surface area contributed by atoms with Gasteiger partial charge in [0, 0.05) is 23.8 Å². The van der Waals surface area contributed by atoms with Gasteiger partial charge in [0.2, 0.25) is 6.41 Å². The molecule has 0 atom stereocenters. The van der Waals surface area contributed by atoms with Gasteiger partial charge >= 0.3 is 0 Å². The van der Waals surface area contributed by atoms with Crippen molar-refractivity contribution in [3.8, 4) is 34.3 Å². The summed E-state index contributed by atoms with van der Waals surface area (Å²) in [6.45, 7) is -0.0300. The number of hydrogen-bond donors (Lipinski definition) is 1. The Balaban J connectivity index is 2.12. The number of fused-ring (bicyclic) bond motifs is 1. The highest BCUT2D eigenvalue weighted by molar-refractivity contribution is 5.86.